The fourth-order valence-electron chi connectivity index (χ4n) is 1.23. The van der Waals surface area contributed by atoms with Gasteiger partial charge in [-0.05, 0) is 13.0 Å². The lowest BCUT2D eigenvalue weighted by Gasteiger charge is -2.08. The Balaban J connectivity index is 2.43. The van der Waals surface area contributed by atoms with E-state index >= 15 is 0 Å². The van der Waals surface area contributed by atoms with Crippen molar-refractivity contribution in [1.29, 1.82) is 0 Å². The van der Waals surface area contributed by atoms with Crippen LogP contribution in [0.3, 0.4) is 0 Å². The molecule has 0 aliphatic carbocycles. The van der Waals surface area contributed by atoms with E-state index in [1.807, 2.05) is 0 Å². The summed E-state index contributed by atoms with van der Waals surface area (Å²) in [5.74, 6) is 0. The van der Waals surface area contributed by atoms with Crippen molar-refractivity contribution in [3.05, 3.63) is 27.9 Å². The van der Waals surface area contributed by atoms with Gasteiger partial charge in [0.2, 0.25) is 0 Å². The van der Waals surface area contributed by atoms with Crippen LogP contribution in [0.4, 0.5) is 0 Å². The van der Waals surface area contributed by atoms with Gasteiger partial charge in [0.15, 0.2) is 0 Å². The predicted molar refractivity (Wildman–Crippen MR) is 61.3 cm³/mol. The summed E-state index contributed by atoms with van der Waals surface area (Å²) in [6, 6.07) is 0.471. The molecule has 1 aromatic rings. The molecular weight excluding hydrogens is 214 g/mol. The highest BCUT2D eigenvalue weighted by Gasteiger charge is 1.98. The molecule has 0 radical (unpaired) electrons. The second kappa shape index (κ2) is 5.88. The molecule has 0 amide bonds. The molecule has 0 saturated heterocycles. The fraction of sp³-hybridized carbons (Fsp3) is 0.600. The van der Waals surface area contributed by atoms with Crippen LogP contribution in [0.15, 0.2) is 17.2 Å². The van der Waals surface area contributed by atoms with E-state index in [1.54, 1.807) is 6.20 Å². The first-order valence-electron chi connectivity index (χ1n) is 5.05. The third-order valence-corrected chi connectivity index (χ3v) is 2.15. The lowest BCUT2D eigenvalue weighted by Crippen LogP contribution is -2.27. The summed E-state index contributed by atoms with van der Waals surface area (Å²) in [7, 11) is 0. The van der Waals surface area contributed by atoms with Gasteiger partial charge in [-0.25, -0.2) is 9.78 Å². The minimum absolute atomic E-state index is 0.246. The van der Waals surface area contributed by atoms with Gasteiger partial charge in [0.05, 0.1) is 11.2 Å². The van der Waals surface area contributed by atoms with Crippen LogP contribution in [-0.2, 0) is 6.54 Å². The van der Waals surface area contributed by atoms with Gasteiger partial charge in [0.25, 0.3) is 0 Å². The standard InChI is InChI=1S/C10H16ClN3O/c1-8(2)12-4-3-5-14-7-9(11)6-13-10(14)15/h6-8,12H,3-5H2,1-2H3. The number of aryl methyl sites for hydroxylation is 1. The van der Waals surface area contributed by atoms with Crippen LogP contribution < -0.4 is 11.0 Å². The van der Waals surface area contributed by atoms with Crippen LogP contribution in [0.1, 0.15) is 20.3 Å². The van der Waals surface area contributed by atoms with E-state index in [1.165, 1.54) is 10.8 Å². The monoisotopic (exact) mass is 229 g/mol. The number of aromatic nitrogens is 2. The normalized spacial score (nSPS) is 10.9. The molecule has 15 heavy (non-hydrogen) atoms. The van der Waals surface area contributed by atoms with Gasteiger partial charge in [-0.3, -0.25) is 4.57 Å². The summed E-state index contributed by atoms with van der Waals surface area (Å²) in [5.41, 5.74) is -0.246. The van der Waals surface area contributed by atoms with Crippen molar-refractivity contribution in [2.45, 2.75) is 32.9 Å². The molecule has 1 rings (SSSR count). The third-order valence-electron chi connectivity index (χ3n) is 1.95. The van der Waals surface area contributed by atoms with Crippen molar-refractivity contribution in [3.63, 3.8) is 0 Å². The van der Waals surface area contributed by atoms with Gasteiger partial charge in [0, 0.05) is 18.8 Å². The molecule has 0 aromatic carbocycles. The molecule has 0 unspecified atom stereocenters. The molecule has 0 bridgehead atoms. The molecule has 5 heteroatoms. The van der Waals surface area contributed by atoms with Crippen LogP contribution in [0.2, 0.25) is 5.02 Å². The zero-order valence-electron chi connectivity index (χ0n) is 9.03. The number of hydrogen-bond donors (Lipinski definition) is 1. The highest BCUT2D eigenvalue weighted by atomic mass is 35.5. The average Bonchev–Trinajstić information content (AvgIpc) is 2.17. The highest BCUT2D eigenvalue weighted by molar-refractivity contribution is 6.30. The maximum atomic E-state index is 11.3. The molecule has 0 saturated carbocycles. The van der Waals surface area contributed by atoms with Crippen molar-refractivity contribution in [2.24, 2.45) is 0 Å². The molecule has 0 fully saturated rings. The molecule has 4 nitrogen and oxygen atoms in total. The van der Waals surface area contributed by atoms with Crippen molar-refractivity contribution in [3.8, 4) is 0 Å². The van der Waals surface area contributed by atoms with E-state index in [0.717, 1.165) is 13.0 Å². The second-order valence-electron chi connectivity index (χ2n) is 3.71. The SMILES string of the molecule is CC(C)NCCCn1cc(Cl)cnc1=O. The molecule has 1 heterocycles. The van der Waals surface area contributed by atoms with Crippen molar-refractivity contribution >= 4 is 11.6 Å². The number of halogens is 1. The Morgan fingerprint density at radius 1 is 1.60 bits per heavy atom. The van der Waals surface area contributed by atoms with Gasteiger partial charge in [0.1, 0.15) is 0 Å². The molecular formula is C10H16ClN3O. The first kappa shape index (κ1) is 12.2. The molecule has 0 aliphatic heterocycles. The van der Waals surface area contributed by atoms with E-state index in [9.17, 15) is 4.79 Å². The van der Waals surface area contributed by atoms with Gasteiger partial charge >= 0.3 is 5.69 Å². The summed E-state index contributed by atoms with van der Waals surface area (Å²) in [4.78, 5) is 14.9. The Morgan fingerprint density at radius 3 is 3.00 bits per heavy atom. The van der Waals surface area contributed by atoms with Crippen molar-refractivity contribution in [1.82, 2.24) is 14.9 Å². The lowest BCUT2D eigenvalue weighted by molar-refractivity contribution is 0.525. The molecule has 0 spiro atoms. The van der Waals surface area contributed by atoms with Gasteiger partial charge in [-0.2, -0.15) is 0 Å². The van der Waals surface area contributed by atoms with Crippen LogP contribution in [0.5, 0.6) is 0 Å². The van der Waals surface area contributed by atoms with Crippen LogP contribution in [-0.4, -0.2) is 22.1 Å². The molecule has 1 aromatic heterocycles. The lowest BCUT2D eigenvalue weighted by atomic mass is 10.3. The van der Waals surface area contributed by atoms with Crippen molar-refractivity contribution in [2.75, 3.05) is 6.54 Å². The number of hydrogen-bond acceptors (Lipinski definition) is 3. The van der Waals surface area contributed by atoms with E-state index in [0.29, 0.717) is 17.6 Å². The molecule has 1 N–H and O–H groups in total. The fourth-order valence-corrected chi connectivity index (χ4v) is 1.40. The minimum Gasteiger partial charge on any atom is -0.314 e. The Labute approximate surface area is 94.3 Å². The predicted octanol–water partition coefficient (Wildman–Crippen LogP) is 1.28. The maximum Gasteiger partial charge on any atom is 0.347 e. The second-order valence-corrected chi connectivity index (χ2v) is 4.15. The zero-order valence-corrected chi connectivity index (χ0v) is 9.79. The number of nitrogens with one attached hydrogen (secondary N) is 1. The summed E-state index contributed by atoms with van der Waals surface area (Å²) in [5, 5.41) is 3.77. The summed E-state index contributed by atoms with van der Waals surface area (Å²) in [6.45, 7) is 5.71. The molecule has 84 valence electrons. The highest BCUT2D eigenvalue weighted by Crippen LogP contribution is 2.01. The topological polar surface area (TPSA) is 46.9 Å². The largest absolute Gasteiger partial charge is 0.347 e. The number of nitrogens with zero attached hydrogens (tertiary/aromatic N) is 2. The first-order chi connectivity index (χ1) is 7.09. The third kappa shape index (κ3) is 4.44. The van der Waals surface area contributed by atoms with Crippen LogP contribution >= 0.6 is 11.6 Å². The van der Waals surface area contributed by atoms with E-state index in [4.69, 9.17) is 11.6 Å². The summed E-state index contributed by atoms with van der Waals surface area (Å²) in [6.07, 6.45) is 3.87. The Kier molecular flexibility index (Phi) is 4.78. The van der Waals surface area contributed by atoms with Crippen LogP contribution in [0, 0.1) is 0 Å². The van der Waals surface area contributed by atoms with E-state index in [-0.39, 0.29) is 5.69 Å². The Hall–Kier alpha value is -0.870. The van der Waals surface area contributed by atoms with E-state index < -0.39 is 0 Å². The quantitative estimate of drug-likeness (QED) is 0.774. The molecule has 0 aliphatic rings. The summed E-state index contributed by atoms with van der Waals surface area (Å²) >= 11 is 5.74. The molecule has 0 atom stereocenters. The van der Waals surface area contributed by atoms with Gasteiger partial charge in [-0.15, -0.1) is 0 Å². The summed E-state index contributed by atoms with van der Waals surface area (Å²) < 4.78 is 1.53. The first-order valence-corrected chi connectivity index (χ1v) is 5.43. The zero-order chi connectivity index (χ0) is 11.3. The van der Waals surface area contributed by atoms with E-state index in [2.05, 4.69) is 24.1 Å². The Morgan fingerprint density at radius 2 is 2.33 bits per heavy atom. The minimum atomic E-state index is -0.246. The van der Waals surface area contributed by atoms with Crippen molar-refractivity contribution < 1.29 is 0 Å². The maximum absolute atomic E-state index is 11.3. The average molecular weight is 230 g/mol. The van der Waals surface area contributed by atoms with Gasteiger partial charge < -0.3 is 5.32 Å². The number of rotatable bonds is 5. The smallest absolute Gasteiger partial charge is 0.314 e. The van der Waals surface area contributed by atoms with Crippen LogP contribution in [0.25, 0.3) is 0 Å². The van der Waals surface area contributed by atoms with Gasteiger partial charge in [-0.1, -0.05) is 25.4 Å². The Bertz CT molecular complexity index is 362.